The number of phenols is 1. The van der Waals surface area contributed by atoms with Crippen LogP contribution in [0.2, 0.25) is 0 Å². The Labute approximate surface area is 195 Å². The summed E-state index contributed by atoms with van der Waals surface area (Å²) in [5, 5.41) is 11.3. The number of carbonyl (C=O) groups is 2. The van der Waals surface area contributed by atoms with Gasteiger partial charge in [0.2, 0.25) is 0 Å². The van der Waals surface area contributed by atoms with Gasteiger partial charge in [0.05, 0.1) is 20.8 Å². The third-order valence-corrected chi connectivity index (χ3v) is 7.33. The number of benzene rings is 1. The van der Waals surface area contributed by atoms with Gasteiger partial charge in [-0.3, -0.25) is 4.79 Å². The molecule has 7 heteroatoms. The molecule has 178 valence electrons. The van der Waals surface area contributed by atoms with Gasteiger partial charge in [-0.05, 0) is 61.7 Å². The average molecular weight is 456 g/mol. The van der Waals surface area contributed by atoms with Crippen LogP contribution in [-0.4, -0.2) is 62.2 Å². The van der Waals surface area contributed by atoms with Gasteiger partial charge >= 0.3 is 5.97 Å². The summed E-state index contributed by atoms with van der Waals surface area (Å²) in [6, 6.07) is 1.91. The van der Waals surface area contributed by atoms with E-state index in [0.717, 1.165) is 29.7 Å². The highest BCUT2D eigenvalue weighted by Gasteiger charge is 2.57. The average Bonchev–Trinajstić information content (AvgIpc) is 2.78. The molecule has 1 fully saturated rings. The van der Waals surface area contributed by atoms with E-state index in [1.165, 1.54) is 20.3 Å². The fraction of sp³-hybridized carbons (Fsp3) is 0.538. The molecule has 0 amide bonds. The van der Waals surface area contributed by atoms with Crippen LogP contribution in [-0.2, 0) is 30.9 Å². The van der Waals surface area contributed by atoms with E-state index in [9.17, 15) is 14.7 Å². The van der Waals surface area contributed by atoms with E-state index in [0.29, 0.717) is 24.5 Å². The highest BCUT2D eigenvalue weighted by molar-refractivity contribution is 5.96. The Morgan fingerprint density at radius 3 is 2.76 bits per heavy atom. The number of allylic oxidation sites excluding steroid dienone is 1. The van der Waals surface area contributed by atoms with E-state index < -0.39 is 11.4 Å². The van der Waals surface area contributed by atoms with Gasteiger partial charge in [0.15, 0.2) is 23.0 Å². The summed E-state index contributed by atoms with van der Waals surface area (Å²) in [5.74, 6) is 0.641. The van der Waals surface area contributed by atoms with Crippen LogP contribution < -0.4 is 4.74 Å². The topological polar surface area (TPSA) is 85.3 Å². The predicted molar refractivity (Wildman–Crippen MR) is 124 cm³/mol. The lowest BCUT2D eigenvalue weighted by Crippen LogP contribution is -2.60. The summed E-state index contributed by atoms with van der Waals surface area (Å²) in [4.78, 5) is 27.5. The Morgan fingerprint density at radius 2 is 2.09 bits per heavy atom. The molecule has 3 atom stereocenters. The minimum Gasteiger partial charge on any atom is -0.504 e. The van der Waals surface area contributed by atoms with Crippen molar-refractivity contribution < 1.29 is 28.9 Å². The number of aromatic hydroxyl groups is 1. The number of likely N-dealkylation sites (N-methyl/N-ethyl adjacent to an activating group) is 1. The van der Waals surface area contributed by atoms with Gasteiger partial charge < -0.3 is 24.2 Å². The number of fused-ring (bicyclic) bond motifs is 1. The summed E-state index contributed by atoms with van der Waals surface area (Å²) in [5.41, 5.74) is 1.99. The first-order valence-electron chi connectivity index (χ1n) is 11.5. The lowest BCUT2D eigenvalue weighted by atomic mass is 9.53. The number of ketones is 1. The molecule has 1 saturated heterocycles. The second kappa shape index (κ2) is 8.86. The molecular formula is C26H33NO6. The van der Waals surface area contributed by atoms with Gasteiger partial charge in [0.1, 0.15) is 0 Å². The Bertz CT molecular complexity index is 1030. The quantitative estimate of drug-likeness (QED) is 0.521. The lowest BCUT2D eigenvalue weighted by Gasteiger charge is -2.56. The summed E-state index contributed by atoms with van der Waals surface area (Å²) < 4.78 is 16.2. The Morgan fingerprint density at radius 1 is 1.33 bits per heavy atom. The Balaban J connectivity index is 1.85. The first-order chi connectivity index (χ1) is 15.7. The maximum absolute atomic E-state index is 13.0. The van der Waals surface area contributed by atoms with Gasteiger partial charge in [0.25, 0.3) is 0 Å². The van der Waals surface area contributed by atoms with Crippen molar-refractivity contribution in [1.82, 2.24) is 4.90 Å². The van der Waals surface area contributed by atoms with Crippen molar-refractivity contribution >= 4 is 17.8 Å². The second-order valence-corrected chi connectivity index (χ2v) is 9.75. The number of likely N-dealkylation sites (tertiary alicyclic amines) is 1. The number of hydrogen-bond acceptors (Lipinski definition) is 7. The van der Waals surface area contributed by atoms with Gasteiger partial charge in [-0.25, -0.2) is 4.79 Å². The molecule has 1 N–H and O–H groups in total. The van der Waals surface area contributed by atoms with Crippen molar-refractivity contribution in [3.05, 3.63) is 40.7 Å². The molecular weight excluding hydrogens is 422 g/mol. The number of piperidine rings is 1. The number of rotatable bonds is 6. The molecule has 7 nitrogen and oxygen atoms in total. The summed E-state index contributed by atoms with van der Waals surface area (Å²) in [6.45, 7) is 5.15. The molecule has 1 aliphatic heterocycles. The highest BCUT2D eigenvalue weighted by atomic mass is 16.5. The van der Waals surface area contributed by atoms with E-state index in [1.807, 2.05) is 19.9 Å². The largest absolute Gasteiger partial charge is 0.504 e. The minimum absolute atomic E-state index is 0.0299. The molecule has 4 rings (SSSR count). The number of carbonyl (C=O) groups excluding carboxylic acids is 2. The monoisotopic (exact) mass is 455 g/mol. The van der Waals surface area contributed by atoms with Crippen LogP contribution in [0.25, 0.3) is 6.08 Å². The van der Waals surface area contributed by atoms with Crippen LogP contribution in [0.1, 0.15) is 43.4 Å². The van der Waals surface area contributed by atoms with Crippen LogP contribution in [0, 0.1) is 11.8 Å². The van der Waals surface area contributed by atoms with E-state index in [2.05, 4.69) is 11.9 Å². The number of Topliss-reactive ketones (excluding diaryl/α,β-unsaturated/α-hetero) is 1. The SMILES string of the molecule is COC1=CC2[C@@H]3Cc4c(/C=C/C(=O)OCC(C)C)cc(OC)c(O)c4[C@]2(CCN3C)CC1=O. The van der Waals surface area contributed by atoms with Gasteiger partial charge in [-0.2, -0.15) is 0 Å². The van der Waals surface area contributed by atoms with Crippen LogP contribution in [0.5, 0.6) is 11.5 Å². The minimum atomic E-state index is -0.538. The highest BCUT2D eigenvalue weighted by Crippen LogP contribution is 2.58. The van der Waals surface area contributed by atoms with Crippen molar-refractivity contribution in [1.29, 1.82) is 0 Å². The third kappa shape index (κ3) is 3.92. The molecule has 3 aliphatic rings. The molecule has 1 heterocycles. The molecule has 0 radical (unpaired) electrons. The van der Waals surface area contributed by atoms with Gasteiger partial charge in [-0.1, -0.05) is 13.8 Å². The number of hydrogen-bond donors (Lipinski definition) is 1. The van der Waals surface area contributed by atoms with E-state index in [1.54, 1.807) is 12.1 Å². The van der Waals surface area contributed by atoms with Crippen LogP contribution in [0.4, 0.5) is 0 Å². The van der Waals surface area contributed by atoms with Crippen molar-refractivity contribution in [3.8, 4) is 11.5 Å². The van der Waals surface area contributed by atoms with E-state index in [-0.39, 0.29) is 35.8 Å². The zero-order valence-corrected chi connectivity index (χ0v) is 20.0. The fourth-order valence-corrected chi connectivity index (χ4v) is 5.73. The van der Waals surface area contributed by atoms with Gasteiger partial charge in [-0.15, -0.1) is 0 Å². The molecule has 2 aliphatic carbocycles. The zero-order chi connectivity index (χ0) is 23.9. The molecule has 1 aromatic carbocycles. The Kier molecular flexibility index (Phi) is 6.27. The predicted octanol–water partition coefficient (Wildman–Crippen LogP) is 3.23. The van der Waals surface area contributed by atoms with Crippen molar-refractivity contribution in [2.75, 3.05) is 34.4 Å². The molecule has 1 unspecified atom stereocenters. The molecule has 0 aromatic heterocycles. The number of ether oxygens (including phenoxy) is 3. The van der Waals surface area contributed by atoms with Crippen LogP contribution >= 0.6 is 0 Å². The normalized spacial score (nSPS) is 26.6. The Hall–Kier alpha value is -2.80. The zero-order valence-electron chi connectivity index (χ0n) is 20.0. The smallest absolute Gasteiger partial charge is 0.330 e. The number of phenolic OH excluding ortho intramolecular Hbond substituents is 1. The molecule has 0 spiro atoms. The fourth-order valence-electron chi connectivity index (χ4n) is 5.73. The maximum Gasteiger partial charge on any atom is 0.330 e. The lowest BCUT2D eigenvalue weighted by molar-refractivity contribution is -0.138. The molecule has 33 heavy (non-hydrogen) atoms. The maximum atomic E-state index is 13.0. The first kappa shape index (κ1) is 23.4. The van der Waals surface area contributed by atoms with Crippen molar-refractivity contribution in [2.45, 2.75) is 44.6 Å². The molecule has 2 bridgehead atoms. The van der Waals surface area contributed by atoms with Gasteiger partial charge in [0, 0.05) is 35.4 Å². The van der Waals surface area contributed by atoms with E-state index >= 15 is 0 Å². The number of methoxy groups -OCH3 is 2. The number of nitrogens with zero attached hydrogens (tertiary/aromatic N) is 1. The first-order valence-corrected chi connectivity index (χ1v) is 11.5. The summed E-state index contributed by atoms with van der Waals surface area (Å²) >= 11 is 0. The van der Waals surface area contributed by atoms with Crippen LogP contribution in [0.15, 0.2) is 24.0 Å². The second-order valence-electron chi connectivity index (χ2n) is 9.75. The third-order valence-electron chi connectivity index (χ3n) is 7.33. The summed E-state index contributed by atoms with van der Waals surface area (Å²) in [7, 11) is 5.13. The van der Waals surface area contributed by atoms with Crippen molar-refractivity contribution in [3.63, 3.8) is 0 Å². The standard InChI is InChI=1S/C26H33NO6/c1-15(2)14-33-23(29)7-6-16-10-22(32-5)25(30)24-17(16)11-19-18-12-21(31-4)20(28)13-26(18,24)8-9-27(19)3/h6-7,10,12,15,18-19,30H,8-9,11,13-14H2,1-5H3/b7-6+/t18?,19-,26+/m0/s1. The molecule has 0 saturated carbocycles. The van der Waals surface area contributed by atoms with Crippen LogP contribution in [0.3, 0.4) is 0 Å². The van der Waals surface area contributed by atoms with E-state index in [4.69, 9.17) is 14.2 Å². The van der Waals surface area contributed by atoms with Crippen molar-refractivity contribution in [2.24, 2.45) is 11.8 Å². The summed E-state index contributed by atoms with van der Waals surface area (Å²) in [6.07, 6.45) is 6.79. The molecule has 1 aromatic rings. The number of esters is 1.